The first-order valence-corrected chi connectivity index (χ1v) is 7.94. The fraction of sp³-hybridized carbons (Fsp3) is 0.211. The lowest BCUT2D eigenvalue weighted by Gasteiger charge is -2.25. The summed E-state index contributed by atoms with van der Waals surface area (Å²) < 4.78 is 0. The quantitative estimate of drug-likeness (QED) is 0.528. The van der Waals surface area contributed by atoms with Gasteiger partial charge in [0.2, 0.25) is 5.91 Å². The van der Waals surface area contributed by atoms with Crippen LogP contribution in [0.3, 0.4) is 0 Å². The molecule has 122 valence electrons. The SMILES string of the molecule is O=C(/C=C/c1cccc([N+](=O)[O-])c1)NC1CCCc2ccccc21. The molecule has 0 spiro atoms. The number of carbonyl (C=O) groups is 1. The molecule has 0 aliphatic heterocycles. The predicted octanol–water partition coefficient (Wildman–Crippen LogP) is 3.80. The van der Waals surface area contributed by atoms with Gasteiger partial charge in [-0.05, 0) is 42.0 Å². The van der Waals surface area contributed by atoms with Crippen LogP contribution >= 0.6 is 0 Å². The van der Waals surface area contributed by atoms with Crippen LogP contribution in [-0.2, 0) is 11.2 Å². The zero-order chi connectivity index (χ0) is 16.9. The molecule has 1 atom stereocenters. The zero-order valence-electron chi connectivity index (χ0n) is 13.1. The van der Waals surface area contributed by atoms with E-state index in [1.165, 1.54) is 29.3 Å². The van der Waals surface area contributed by atoms with Gasteiger partial charge in [-0.3, -0.25) is 14.9 Å². The average molecular weight is 322 g/mol. The highest BCUT2D eigenvalue weighted by Crippen LogP contribution is 2.29. The first-order valence-electron chi connectivity index (χ1n) is 7.94. The van der Waals surface area contributed by atoms with E-state index in [-0.39, 0.29) is 17.6 Å². The second-order valence-electron chi connectivity index (χ2n) is 5.84. The monoisotopic (exact) mass is 322 g/mol. The van der Waals surface area contributed by atoms with E-state index in [4.69, 9.17) is 0 Å². The maximum atomic E-state index is 12.2. The molecule has 0 fully saturated rings. The smallest absolute Gasteiger partial charge is 0.270 e. The van der Waals surface area contributed by atoms with E-state index in [1.807, 2.05) is 12.1 Å². The Morgan fingerprint density at radius 3 is 2.88 bits per heavy atom. The number of benzene rings is 2. The Morgan fingerprint density at radius 1 is 1.21 bits per heavy atom. The van der Waals surface area contributed by atoms with E-state index in [1.54, 1.807) is 18.2 Å². The first kappa shape index (κ1) is 15.9. The van der Waals surface area contributed by atoms with Gasteiger partial charge in [0.05, 0.1) is 11.0 Å². The van der Waals surface area contributed by atoms with Crippen molar-refractivity contribution in [3.8, 4) is 0 Å². The summed E-state index contributed by atoms with van der Waals surface area (Å²) in [5.41, 5.74) is 3.11. The van der Waals surface area contributed by atoms with Crippen LogP contribution < -0.4 is 5.32 Å². The molecule has 1 amide bonds. The molecule has 1 unspecified atom stereocenters. The van der Waals surface area contributed by atoms with Gasteiger partial charge >= 0.3 is 0 Å². The third-order valence-corrected chi connectivity index (χ3v) is 4.19. The fourth-order valence-electron chi connectivity index (χ4n) is 3.04. The molecule has 5 heteroatoms. The molecule has 5 nitrogen and oxygen atoms in total. The number of fused-ring (bicyclic) bond motifs is 1. The number of aryl methyl sites for hydroxylation is 1. The maximum Gasteiger partial charge on any atom is 0.270 e. The predicted molar refractivity (Wildman–Crippen MR) is 92.4 cm³/mol. The molecular formula is C19H18N2O3. The lowest BCUT2D eigenvalue weighted by atomic mass is 9.88. The van der Waals surface area contributed by atoms with Gasteiger partial charge in [-0.2, -0.15) is 0 Å². The first-order chi connectivity index (χ1) is 11.6. The molecule has 0 radical (unpaired) electrons. The number of hydrogen-bond acceptors (Lipinski definition) is 3. The van der Waals surface area contributed by atoms with Gasteiger partial charge in [0.15, 0.2) is 0 Å². The Hall–Kier alpha value is -2.95. The molecular weight excluding hydrogens is 304 g/mol. The molecule has 3 rings (SSSR count). The molecule has 24 heavy (non-hydrogen) atoms. The number of hydrogen-bond donors (Lipinski definition) is 1. The van der Waals surface area contributed by atoms with Crippen LogP contribution in [0.15, 0.2) is 54.6 Å². The minimum atomic E-state index is -0.448. The van der Waals surface area contributed by atoms with Crippen LogP contribution in [-0.4, -0.2) is 10.8 Å². The number of nitrogens with one attached hydrogen (secondary N) is 1. The lowest BCUT2D eigenvalue weighted by molar-refractivity contribution is -0.384. The molecule has 0 heterocycles. The lowest BCUT2D eigenvalue weighted by Crippen LogP contribution is -2.29. The van der Waals surface area contributed by atoms with Crippen molar-refractivity contribution in [2.24, 2.45) is 0 Å². The molecule has 0 saturated heterocycles. The second-order valence-corrected chi connectivity index (χ2v) is 5.84. The third-order valence-electron chi connectivity index (χ3n) is 4.19. The second kappa shape index (κ2) is 7.08. The number of nitrogens with zero attached hydrogens (tertiary/aromatic N) is 1. The molecule has 0 bridgehead atoms. The van der Waals surface area contributed by atoms with Crippen molar-refractivity contribution < 1.29 is 9.72 Å². The Morgan fingerprint density at radius 2 is 2.04 bits per heavy atom. The van der Waals surface area contributed by atoms with Crippen LogP contribution in [0, 0.1) is 10.1 Å². The number of amides is 1. The van der Waals surface area contributed by atoms with E-state index in [9.17, 15) is 14.9 Å². The van der Waals surface area contributed by atoms with Gasteiger partial charge in [0, 0.05) is 18.2 Å². The van der Waals surface area contributed by atoms with Crippen molar-refractivity contribution in [1.29, 1.82) is 0 Å². The van der Waals surface area contributed by atoms with Crippen LogP contribution in [0.5, 0.6) is 0 Å². The Balaban J connectivity index is 1.68. The Kier molecular flexibility index (Phi) is 4.70. The summed E-state index contributed by atoms with van der Waals surface area (Å²) in [6, 6.07) is 14.4. The number of nitro groups is 1. The largest absolute Gasteiger partial charge is 0.346 e. The summed E-state index contributed by atoms with van der Waals surface area (Å²) in [5.74, 6) is -0.191. The standard InChI is InChI=1S/C19H18N2O3/c22-19(12-11-14-5-3-8-16(13-14)21(23)24)20-18-10-4-7-15-6-1-2-9-17(15)18/h1-3,5-6,8-9,11-13,18H,4,7,10H2,(H,20,22)/b12-11+. The van der Waals surface area contributed by atoms with Gasteiger partial charge in [-0.25, -0.2) is 0 Å². The van der Waals surface area contributed by atoms with E-state index < -0.39 is 4.92 Å². The molecule has 2 aromatic carbocycles. The number of nitro benzene ring substituents is 1. The fourth-order valence-corrected chi connectivity index (χ4v) is 3.04. The molecule has 1 aliphatic rings. The number of rotatable bonds is 4. The summed E-state index contributed by atoms with van der Waals surface area (Å²) in [6.45, 7) is 0. The highest BCUT2D eigenvalue weighted by atomic mass is 16.6. The Labute approximate surface area is 140 Å². The van der Waals surface area contributed by atoms with Crippen molar-refractivity contribution in [3.05, 3.63) is 81.4 Å². The summed E-state index contributed by atoms with van der Waals surface area (Å²) in [6.07, 6.45) is 6.05. The minimum Gasteiger partial charge on any atom is -0.346 e. The van der Waals surface area contributed by atoms with E-state index >= 15 is 0 Å². The van der Waals surface area contributed by atoms with E-state index in [0.717, 1.165) is 19.3 Å². The summed E-state index contributed by atoms with van der Waals surface area (Å²) in [4.78, 5) is 22.5. The molecule has 0 aromatic heterocycles. The van der Waals surface area contributed by atoms with Crippen molar-refractivity contribution in [2.45, 2.75) is 25.3 Å². The molecule has 1 aliphatic carbocycles. The van der Waals surface area contributed by atoms with Crippen LogP contribution in [0.4, 0.5) is 5.69 Å². The van der Waals surface area contributed by atoms with Crippen LogP contribution in [0.1, 0.15) is 35.6 Å². The van der Waals surface area contributed by atoms with E-state index in [0.29, 0.717) is 5.56 Å². The number of non-ortho nitro benzene ring substituents is 1. The summed E-state index contributed by atoms with van der Waals surface area (Å²) in [5, 5.41) is 13.8. The van der Waals surface area contributed by atoms with Crippen molar-refractivity contribution >= 4 is 17.7 Å². The Bertz CT molecular complexity index is 799. The topological polar surface area (TPSA) is 72.2 Å². The summed E-state index contributed by atoms with van der Waals surface area (Å²) >= 11 is 0. The van der Waals surface area contributed by atoms with Gasteiger partial charge in [-0.15, -0.1) is 0 Å². The number of carbonyl (C=O) groups excluding carboxylic acids is 1. The minimum absolute atomic E-state index is 0.0127. The summed E-state index contributed by atoms with van der Waals surface area (Å²) in [7, 11) is 0. The zero-order valence-corrected chi connectivity index (χ0v) is 13.1. The highest BCUT2D eigenvalue weighted by Gasteiger charge is 2.20. The van der Waals surface area contributed by atoms with E-state index in [2.05, 4.69) is 17.4 Å². The highest BCUT2D eigenvalue weighted by molar-refractivity contribution is 5.92. The van der Waals surface area contributed by atoms with Crippen molar-refractivity contribution in [3.63, 3.8) is 0 Å². The normalized spacial score (nSPS) is 16.6. The molecule has 0 saturated carbocycles. The van der Waals surface area contributed by atoms with Gasteiger partial charge in [-0.1, -0.05) is 36.4 Å². The average Bonchev–Trinajstić information content (AvgIpc) is 2.60. The van der Waals surface area contributed by atoms with Crippen LogP contribution in [0.25, 0.3) is 6.08 Å². The van der Waals surface area contributed by atoms with Crippen molar-refractivity contribution in [2.75, 3.05) is 0 Å². The van der Waals surface area contributed by atoms with Gasteiger partial charge in [0.1, 0.15) is 0 Å². The van der Waals surface area contributed by atoms with Gasteiger partial charge < -0.3 is 5.32 Å². The maximum absolute atomic E-state index is 12.2. The van der Waals surface area contributed by atoms with Crippen LogP contribution in [0.2, 0.25) is 0 Å². The molecule has 1 N–H and O–H groups in total. The molecule has 2 aromatic rings. The van der Waals surface area contributed by atoms with Gasteiger partial charge in [0.25, 0.3) is 5.69 Å². The van der Waals surface area contributed by atoms with Crippen molar-refractivity contribution in [1.82, 2.24) is 5.32 Å². The third kappa shape index (κ3) is 3.68.